The summed E-state index contributed by atoms with van der Waals surface area (Å²) in [6.07, 6.45) is 0. The van der Waals surface area contributed by atoms with Gasteiger partial charge in [0.15, 0.2) is 0 Å². The Labute approximate surface area is 131 Å². The number of imidazole rings is 1. The fraction of sp³-hybridized carbons (Fsp3) is 0. The van der Waals surface area contributed by atoms with Gasteiger partial charge in [0.1, 0.15) is 5.82 Å². The zero-order valence-electron chi connectivity index (χ0n) is 10.9. The van der Waals surface area contributed by atoms with E-state index in [0.717, 1.165) is 38.2 Å². The van der Waals surface area contributed by atoms with Crippen LogP contribution < -0.4 is 0 Å². The van der Waals surface area contributed by atoms with Crippen LogP contribution in [-0.2, 0) is 0 Å². The topological polar surface area (TPSA) is 28.7 Å². The maximum atomic E-state index is 6.27. The second-order valence-electron chi connectivity index (χ2n) is 4.89. The van der Waals surface area contributed by atoms with Crippen molar-refractivity contribution < 1.29 is 0 Å². The Morgan fingerprint density at radius 1 is 0.857 bits per heavy atom. The van der Waals surface area contributed by atoms with E-state index in [9.17, 15) is 0 Å². The number of halogens is 2. The summed E-state index contributed by atoms with van der Waals surface area (Å²) in [6.45, 7) is 0. The molecule has 4 rings (SSSR count). The molecule has 4 heteroatoms. The van der Waals surface area contributed by atoms with Gasteiger partial charge in [0.25, 0.3) is 0 Å². The smallest absolute Gasteiger partial charge is 0.139 e. The zero-order chi connectivity index (χ0) is 14.4. The van der Waals surface area contributed by atoms with E-state index < -0.39 is 0 Å². The molecule has 3 aromatic carbocycles. The van der Waals surface area contributed by atoms with E-state index in [0.29, 0.717) is 5.02 Å². The molecular formula is C17H10Cl2N2. The molecule has 0 bridgehead atoms. The lowest BCUT2D eigenvalue weighted by Gasteiger charge is -2.05. The molecule has 0 radical (unpaired) electrons. The summed E-state index contributed by atoms with van der Waals surface area (Å²) >= 11 is 12.3. The zero-order valence-corrected chi connectivity index (χ0v) is 12.4. The van der Waals surface area contributed by atoms with Crippen molar-refractivity contribution in [2.45, 2.75) is 0 Å². The van der Waals surface area contributed by atoms with Crippen molar-refractivity contribution in [3.8, 4) is 11.4 Å². The Kier molecular flexibility index (Phi) is 2.88. The average Bonchev–Trinajstić information content (AvgIpc) is 2.90. The number of aromatic amines is 1. The summed E-state index contributed by atoms with van der Waals surface area (Å²) in [5, 5.41) is 3.54. The number of benzene rings is 3. The minimum absolute atomic E-state index is 0.693. The first-order valence-electron chi connectivity index (χ1n) is 6.55. The predicted octanol–water partition coefficient (Wildman–Crippen LogP) is 5.69. The van der Waals surface area contributed by atoms with Crippen LogP contribution in [0.5, 0.6) is 0 Å². The van der Waals surface area contributed by atoms with Crippen LogP contribution in [0.25, 0.3) is 33.2 Å². The summed E-state index contributed by atoms with van der Waals surface area (Å²) in [7, 11) is 0. The van der Waals surface area contributed by atoms with Crippen molar-refractivity contribution >= 4 is 45.0 Å². The van der Waals surface area contributed by atoms with Gasteiger partial charge in [-0.25, -0.2) is 4.98 Å². The van der Waals surface area contributed by atoms with Crippen molar-refractivity contribution in [1.82, 2.24) is 9.97 Å². The first kappa shape index (κ1) is 12.7. The van der Waals surface area contributed by atoms with Crippen LogP contribution in [-0.4, -0.2) is 9.97 Å². The first-order chi connectivity index (χ1) is 10.2. The van der Waals surface area contributed by atoms with Crippen LogP contribution in [0.1, 0.15) is 0 Å². The Balaban J connectivity index is 2.02. The molecule has 1 heterocycles. The summed E-state index contributed by atoms with van der Waals surface area (Å²) in [4.78, 5) is 7.97. The number of aromatic nitrogens is 2. The largest absolute Gasteiger partial charge is 0.338 e. The summed E-state index contributed by atoms with van der Waals surface area (Å²) < 4.78 is 0. The number of H-pyrrole nitrogens is 1. The molecule has 0 aliphatic carbocycles. The standard InChI is InChI=1S/C17H10Cl2N2/c18-10-5-8-15-16(9-10)21-17(20-15)13-6-7-14(19)12-4-2-1-3-11(12)13/h1-9H,(H,20,21). The third-order valence-electron chi connectivity index (χ3n) is 3.57. The van der Waals surface area contributed by atoms with Crippen LogP contribution in [0.3, 0.4) is 0 Å². The third-order valence-corrected chi connectivity index (χ3v) is 4.13. The Morgan fingerprint density at radius 2 is 1.67 bits per heavy atom. The van der Waals surface area contributed by atoms with Crippen LogP contribution in [0, 0.1) is 0 Å². The molecule has 0 atom stereocenters. The molecule has 0 amide bonds. The van der Waals surface area contributed by atoms with Gasteiger partial charge in [-0.15, -0.1) is 0 Å². The van der Waals surface area contributed by atoms with Crippen molar-refractivity contribution in [3.05, 3.63) is 64.6 Å². The monoisotopic (exact) mass is 312 g/mol. The highest BCUT2D eigenvalue weighted by molar-refractivity contribution is 6.36. The molecule has 0 unspecified atom stereocenters. The highest BCUT2D eigenvalue weighted by Crippen LogP contribution is 2.32. The van der Waals surface area contributed by atoms with E-state index >= 15 is 0 Å². The van der Waals surface area contributed by atoms with Gasteiger partial charge in [-0.2, -0.15) is 0 Å². The Bertz CT molecular complexity index is 973. The van der Waals surface area contributed by atoms with Gasteiger partial charge in [-0.3, -0.25) is 0 Å². The Hall–Kier alpha value is -2.03. The van der Waals surface area contributed by atoms with Crippen LogP contribution >= 0.6 is 23.2 Å². The summed E-state index contributed by atoms with van der Waals surface area (Å²) in [5.74, 6) is 0.820. The van der Waals surface area contributed by atoms with Gasteiger partial charge in [-0.05, 0) is 35.7 Å². The number of hydrogen-bond donors (Lipinski definition) is 1. The van der Waals surface area contributed by atoms with Gasteiger partial charge < -0.3 is 4.98 Å². The second-order valence-corrected chi connectivity index (χ2v) is 5.73. The van der Waals surface area contributed by atoms with Gasteiger partial charge >= 0.3 is 0 Å². The molecule has 0 fully saturated rings. The number of nitrogens with zero attached hydrogens (tertiary/aromatic N) is 1. The molecule has 2 nitrogen and oxygen atoms in total. The molecule has 1 aromatic heterocycles. The fourth-order valence-electron chi connectivity index (χ4n) is 2.58. The van der Waals surface area contributed by atoms with Crippen molar-refractivity contribution in [2.75, 3.05) is 0 Å². The first-order valence-corrected chi connectivity index (χ1v) is 7.31. The number of hydrogen-bond acceptors (Lipinski definition) is 1. The van der Waals surface area contributed by atoms with Gasteiger partial charge in [0.05, 0.1) is 11.0 Å². The normalized spacial score (nSPS) is 11.3. The number of rotatable bonds is 1. The molecule has 0 saturated heterocycles. The third kappa shape index (κ3) is 2.08. The molecule has 4 aromatic rings. The van der Waals surface area contributed by atoms with Gasteiger partial charge in [0.2, 0.25) is 0 Å². The highest BCUT2D eigenvalue weighted by Gasteiger charge is 2.10. The molecule has 0 saturated carbocycles. The number of nitrogens with one attached hydrogen (secondary N) is 1. The summed E-state index contributed by atoms with van der Waals surface area (Å²) in [5.41, 5.74) is 2.85. The van der Waals surface area contributed by atoms with E-state index in [1.54, 1.807) is 0 Å². The van der Waals surface area contributed by atoms with E-state index in [1.165, 1.54) is 0 Å². The molecule has 1 N–H and O–H groups in total. The van der Waals surface area contributed by atoms with Crippen molar-refractivity contribution in [1.29, 1.82) is 0 Å². The van der Waals surface area contributed by atoms with E-state index in [2.05, 4.69) is 16.0 Å². The minimum atomic E-state index is 0.693. The fourth-order valence-corrected chi connectivity index (χ4v) is 2.98. The lowest BCUT2D eigenvalue weighted by atomic mass is 10.0. The van der Waals surface area contributed by atoms with Gasteiger partial charge in [0, 0.05) is 21.0 Å². The molecule has 102 valence electrons. The predicted molar refractivity (Wildman–Crippen MR) is 89.1 cm³/mol. The molecule has 0 aliphatic heterocycles. The Morgan fingerprint density at radius 3 is 2.52 bits per heavy atom. The maximum absolute atomic E-state index is 6.27. The van der Waals surface area contributed by atoms with Crippen LogP contribution in [0.15, 0.2) is 54.6 Å². The lowest BCUT2D eigenvalue weighted by molar-refractivity contribution is 1.35. The number of fused-ring (bicyclic) bond motifs is 2. The summed E-state index contributed by atoms with van der Waals surface area (Å²) in [6, 6.07) is 17.6. The van der Waals surface area contributed by atoms with Crippen molar-refractivity contribution in [3.63, 3.8) is 0 Å². The SMILES string of the molecule is Clc1ccc2nc(-c3ccc(Cl)c4ccccc34)[nH]c2c1. The van der Waals surface area contributed by atoms with E-state index in [-0.39, 0.29) is 0 Å². The van der Waals surface area contributed by atoms with Crippen molar-refractivity contribution in [2.24, 2.45) is 0 Å². The highest BCUT2D eigenvalue weighted by atomic mass is 35.5. The molecule has 0 aliphatic rings. The molecule has 0 spiro atoms. The lowest BCUT2D eigenvalue weighted by Crippen LogP contribution is -1.84. The molecule has 21 heavy (non-hydrogen) atoms. The van der Waals surface area contributed by atoms with E-state index in [4.69, 9.17) is 23.2 Å². The second kappa shape index (κ2) is 4.76. The maximum Gasteiger partial charge on any atom is 0.139 e. The molecular weight excluding hydrogens is 303 g/mol. The average molecular weight is 313 g/mol. The minimum Gasteiger partial charge on any atom is -0.338 e. The quantitative estimate of drug-likeness (QED) is 0.480. The van der Waals surface area contributed by atoms with Crippen LogP contribution in [0.4, 0.5) is 0 Å². The van der Waals surface area contributed by atoms with Gasteiger partial charge in [-0.1, -0.05) is 47.5 Å². The van der Waals surface area contributed by atoms with E-state index in [1.807, 2.05) is 48.5 Å². The van der Waals surface area contributed by atoms with Crippen LogP contribution in [0.2, 0.25) is 10.0 Å².